The molecule has 0 spiro atoms. The van der Waals surface area contributed by atoms with Crippen LogP contribution in [0.3, 0.4) is 0 Å². The Hall–Kier alpha value is -0.930. The molecular weight excluding hydrogens is 208 g/mol. The average Bonchev–Trinajstić information content (AvgIpc) is 2.22. The van der Waals surface area contributed by atoms with Crippen LogP contribution in [0.5, 0.6) is 0 Å². The molecule has 90 valence electrons. The van der Waals surface area contributed by atoms with E-state index in [-0.39, 0.29) is 6.54 Å². The molecule has 8 nitrogen and oxygen atoms in total. The molecule has 0 rings (SSSR count). The summed E-state index contributed by atoms with van der Waals surface area (Å²) in [5, 5.41) is 47.0. The first kappa shape index (κ1) is 14.1. The number of aliphatic hydroxyl groups excluding tert-OH is 5. The van der Waals surface area contributed by atoms with E-state index in [2.05, 4.69) is 0 Å². The predicted molar refractivity (Wildman–Crippen MR) is 48.7 cm³/mol. The van der Waals surface area contributed by atoms with Crippen molar-refractivity contribution in [3.05, 3.63) is 0 Å². The van der Waals surface area contributed by atoms with Gasteiger partial charge in [-0.25, -0.2) is 4.79 Å². The lowest BCUT2D eigenvalue weighted by atomic mass is 10.0. The van der Waals surface area contributed by atoms with Gasteiger partial charge >= 0.3 is 6.03 Å². The Balaban J connectivity index is 4.06. The maximum atomic E-state index is 10.3. The Kier molecular flexibility index (Phi) is 6.13. The number of hydrogen-bond acceptors (Lipinski definition) is 6. The summed E-state index contributed by atoms with van der Waals surface area (Å²) in [7, 11) is 0. The average molecular weight is 224 g/mol. The first-order valence-corrected chi connectivity index (χ1v) is 4.26. The van der Waals surface area contributed by atoms with E-state index in [9.17, 15) is 15.0 Å². The van der Waals surface area contributed by atoms with Crippen LogP contribution in [-0.2, 0) is 0 Å². The SMILES string of the molecule is NC(=O)NC[C@@H](O)[C@H](O)[C@@H](O)[C@@H](O)CO. The molecule has 0 fully saturated rings. The quantitative estimate of drug-likeness (QED) is 0.244. The van der Waals surface area contributed by atoms with E-state index in [1.165, 1.54) is 0 Å². The molecule has 0 bridgehead atoms. The summed E-state index contributed by atoms with van der Waals surface area (Å²) in [5.74, 6) is 0. The summed E-state index contributed by atoms with van der Waals surface area (Å²) in [6, 6.07) is -0.890. The van der Waals surface area contributed by atoms with Gasteiger partial charge in [-0.1, -0.05) is 0 Å². The fourth-order valence-corrected chi connectivity index (χ4v) is 0.889. The van der Waals surface area contributed by atoms with Gasteiger partial charge in [0.1, 0.15) is 18.3 Å². The van der Waals surface area contributed by atoms with Crippen molar-refractivity contribution in [1.29, 1.82) is 0 Å². The van der Waals surface area contributed by atoms with Crippen molar-refractivity contribution >= 4 is 6.03 Å². The van der Waals surface area contributed by atoms with Gasteiger partial charge in [-0.05, 0) is 0 Å². The van der Waals surface area contributed by atoms with E-state index in [1.807, 2.05) is 5.32 Å². The topological polar surface area (TPSA) is 156 Å². The van der Waals surface area contributed by atoms with Crippen molar-refractivity contribution in [2.45, 2.75) is 24.4 Å². The van der Waals surface area contributed by atoms with Crippen LogP contribution in [0, 0.1) is 0 Å². The van der Waals surface area contributed by atoms with Crippen LogP contribution in [0.1, 0.15) is 0 Å². The maximum Gasteiger partial charge on any atom is 0.312 e. The van der Waals surface area contributed by atoms with Crippen LogP contribution in [0.15, 0.2) is 0 Å². The van der Waals surface area contributed by atoms with Crippen molar-refractivity contribution in [1.82, 2.24) is 5.32 Å². The zero-order valence-corrected chi connectivity index (χ0v) is 7.95. The molecule has 0 saturated carbocycles. The highest BCUT2D eigenvalue weighted by Crippen LogP contribution is 2.04. The van der Waals surface area contributed by atoms with Gasteiger partial charge in [0.25, 0.3) is 0 Å². The van der Waals surface area contributed by atoms with Gasteiger partial charge in [0.15, 0.2) is 0 Å². The van der Waals surface area contributed by atoms with Crippen molar-refractivity contribution in [2.24, 2.45) is 5.73 Å². The van der Waals surface area contributed by atoms with E-state index in [0.29, 0.717) is 0 Å². The Morgan fingerprint density at radius 3 is 2.00 bits per heavy atom. The normalized spacial score (nSPS) is 19.0. The zero-order valence-electron chi connectivity index (χ0n) is 7.95. The lowest BCUT2D eigenvalue weighted by Gasteiger charge is -2.25. The Morgan fingerprint density at radius 2 is 1.60 bits per heavy atom. The van der Waals surface area contributed by atoms with Crippen LogP contribution in [0.2, 0.25) is 0 Å². The van der Waals surface area contributed by atoms with Gasteiger partial charge in [-0.3, -0.25) is 0 Å². The summed E-state index contributed by atoms with van der Waals surface area (Å²) in [6.45, 7) is -1.13. The molecule has 4 atom stereocenters. The number of nitrogens with one attached hydrogen (secondary N) is 1. The summed E-state index contributed by atoms with van der Waals surface area (Å²) in [5.41, 5.74) is 4.71. The first-order chi connectivity index (χ1) is 6.90. The molecule has 0 aromatic carbocycles. The third-order valence-corrected chi connectivity index (χ3v) is 1.81. The number of urea groups is 1. The van der Waals surface area contributed by atoms with Crippen LogP contribution in [-0.4, -0.2) is 69.1 Å². The van der Waals surface area contributed by atoms with Crippen molar-refractivity contribution in [3.63, 3.8) is 0 Å². The van der Waals surface area contributed by atoms with Gasteiger partial charge in [-0.2, -0.15) is 0 Å². The number of rotatable bonds is 6. The Morgan fingerprint density at radius 1 is 1.13 bits per heavy atom. The minimum absolute atomic E-state index is 0.369. The Bertz CT molecular complexity index is 202. The van der Waals surface area contributed by atoms with E-state index in [0.717, 1.165) is 0 Å². The summed E-state index contributed by atoms with van der Waals surface area (Å²) in [4.78, 5) is 10.3. The van der Waals surface area contributed by atoms with E-state index < -0.39 is 37.1 Å². The molecule has 15 heavy (non-hydrogen) atoms. The molecule has 0 aromatic rings. The summed E-state index contributed by atoms with van der Waals surface area (Å²) >= 11 is 0. The third-order valence-electron chi connectivity index (χ3n) is 1.81. The molecule has 0 unspecified atom stereocenters. The molecule has 0 aliphatic carbocycles. The number of carbonyl (C=O) groups excluding carboxylic acids is 1. The number of nitrogens with two attached hydrogens (primary N) is 1. The van der Waals surface area contributed by atoms with Gasteiger partial charge < -0.3 is 36.6 Å². The fourth-order valence-electron chi connectivity index (χ4n) is 0.889. The van der Waals surface area contributed by atoms with Crippen LogP contribution in [0.25, 0.3) is 0 Å². The van der Waals surface area contributed by atoms with Gasteiger partial charge in [-0.15, -0.1) is 0 Å². The number of amides is 2. The molecular formula is C7H16N2O6. The molecule has 0 aliphatic heterocycles. The van der Waals surface area contributed by atoms with Crippen molar-refractivity contribution in [3.8, 4) is 0 Å². The molecule has 0 heterocycles. The molecule has 0 radical (unpaired) electrons. The van der Waals surface area contributed by atoms with Crippen molar-refractivity contribution in [2.75, 3.05) is 13.2 Å². The molecule has 0 saturated heterocycles. The van der Waals surface area contributed by atoms with Crippen LogP contribution >= 0.6 is 0 Å². The highest BCUT2D eigenvalue weighted by atomic mass is 16.4. The minimum Gasteiger partial charge on any atom is -0.394 e. The largest absolute Gasteiger partial charge is 0.394 e. The number of hydrogen-bond donors (Lipinski definition) is 7. The number of primary amides is 1. The van der Waals surface area contributed by atoms with Crippen LogP contribution < -0.4 is 11.1 Å². The number of aliphatic hydroxyl groups is 5. The van der Waals surface area contributed by atoms with E-state index in [4.69, 9.17) is 21.1 Å². The van der Waals surface area contributed by atoms with Gasteiger partial charge in [0.2, 0.25) is 0 Å². The second-order valence-corrected chi connectivity index (χ2v) is 3.04. The third kappa shape index (κ3) is 4.91. The second kappa shape index (κ2) is 6.53. The summed E-state index contributed by atoms with van der Waals surface area (Å²) in [6.07, 6.45) is -6.46. The van der Waals surface area contributed by atoms with Crippen LogP contribution in [0.4, 0.5) is 4.79 Å². The monoisotopic (exact) mass is 224 g/mol. The fraction of sp³-hybridized carbons (Fsp3) is 0.857. The first-order valence-electron chi connectivity index (χ1n) is 4.26. The smallest absolute Gasteiger partial charge is 0.312 e. The number of carbonyl (C=O) groups is 1. The maximum absolute atomic E-state index is 10.3. The lowest BCUT2D eigenvalue weighted by Crippen LogP contribution is -2.50. The van der Waals surface area contributed by atoms with Crippen molar-refractivity contribution < 1.29 is 30.3 Å². The molecule has 8 N–H and O–H groups in total. The Labute approximate surface area is 86.0 Å². The van der Waals surface area contributed by atoms with Gasteiger partial charge in [0, 0.05) is 6.54 Å². The second-order valence-electron chi connectivity index (χ2n) is 3.04. The highest BCUT2D eigenvalue weighted by Gasteiger charge is 2.29. The molecule has 8 heteroatoms. The molecule has 2 amide bonds. The highest BCUT2D eigenvalue weighted by molar-refractivity contribution is 5.71. The lowest BCUT2D eigenvalue weighted by molar-refractivity contribution is -0.113. The molecule has 0 aliphatic rings. The predicted octanol–water partition coefficient (Wildman–Crippen LogP) is -3.91. The van der Waals surface area contributed by atoms with E-state index in [1.54, 1.807) is 0 Å². The summed E-state index contributed by atoms with van der Waals surface area (Å²) < 4.78 is 0. The van der Waals surface area contributed by atoms with Gasteiger partial charge in [0.05, 0.1) is 12.7 Å². The molecule has 0 aromatic heterocycles. The van der Waals surface area contributed by atoms with E-state index >= 15 is 0 Å². The standard InChI is InChI=1S/C7H16N2O6/c8-7(15)9-1-3(11)5(13)6(14)4(12)2-10/h3-6,10-14H,1-2H2,(H3,8,9,15)/t3-,4+,5+,6+/m1/s1. The minimum atomic E-state index is -1.71. The zero-order chi connectivity index (χ0) is 12.0.